The van der Waals surface area contributed by atoms with Crippen LogP contribution in [0.1, 0.15) is 42.5 Å². The molecule has 2 saturated heterocycles. The van der Waals surface area contributed by atoms with Gasteiger partial charge in [-0.05, 0) is 43.9 Å². The van der Waals surface area contributed by atoms with E-state index in [2.05, 4.69) is 10.2 Å². The maximum Gasteiger partial charge on any atom is 0.251 e. The second kappa shape index (κ2) is 8.75. The standard InChI is InChI=1S/C21H27F2N3O3/c22-18-5-4-14(10-19(18)23)21(28)24-11-17-12-26(20(27)13-29-17)16-6-8-25(9-7-16)15-2-1-3-15/h4-5,10,15-17H,1-3,6-9,11-13H2,(H,24,28)/t17-/m0/s1. The van der Waals surface area contributed by atoms with Crippen LogP contribution in [0.5, 0.6) is 0 Å². The molecule has 4 rings (SSSR count). The van der Waals surface area contributed by atoms with Crippen LogP contribution in [0.15, 0.2) is 18.2 Å². The van der Waals surface area contributed by atoms with Gasteiger partial charge in [-0.15, -0.1) is 0 Å². The van der Waals surface area contributed by atoms with Crippen molar-refractivity contribution in [3.05, 3.63) is 35.4 Å². The molecule has 1 aromatic rings. The van der Waals surface area contributed by atoms with Gasteiger partial charge < -0.3 is 19.9 Å². The Morgan fingerprint density at radius 3 is 2.52 bits per heavy atom. The molecular formula is C21H27F2N3O3. The van der Waals surface area contributed by atoms with Crippen molar-refractivity contribution in [2.75, 3.05) is 32.8 Å². The molecule has 0 aromatic heterocycles. The number of nitrogens with zero attached hydrogens (tertiary/aromatic N) is 2. The van der Waals surface area contributed by atoms with Crippen LogP contribution in [-0.2, 0) is 9.53 Å². The summed E-state index contributed by atoms with van der Waals surface area (Å²) in [6.07, 6.45) is 5.53. The van der Waals surface area contributed by atoms with Crippen LogP contribution in [0, 0.1) is 11.6 Å². The first-order valence-corrected chi connectivity index (χ1v) is 10.4. The zero-order valence-corrected chi connectivity index (χ0v) is 16.4. The maximum atomic E-state index is 13.3. The summed E-state index contributed by atoms with van der Waals surface area (Å²) < 4.78 is 31.9. The van der Waals surface area contributed by atoms with Crippen molar-refractivity contribution in [3.8, 4) is 0 Å². The molecule has 0 spiro atoms. The summed E-state index contributed by atoms with van der Waals surface area (Å²) >= 11 is 0. The number of nitrogens with one attached hydrogen (secondary N) is 1. The summed E-state index contributed by atoms with van der Waals surface area (Å²) in [5.74, 6) is -2.55. The van der Waals surface area contributed by atoms with Gasteiger partial charge in [0, 0.05) is 43.8 Å². The highest BCUT2D eigenvalue weighted by Gasteiger charge is 2.35. The molecule has 6 nitrogen and oxygen atoms in total. The number of morpholine rings is 1. The Labute approximate surface area is 169 Å². The van der Waals surface area contributed by atoms with Crippen LogP contribution < -0.4 is 5.32 Å². The van der Waals surface area contributed by atoms with Crippen molar-refractivity contribution < 1.29 is 23.1 Å². The molecule has 1 aliphatic carbocycles. The minimum atomic E-state index is -1.06. The first-order valence-electron chi connectivity index (χ1n) is 10.4. The van der Waals surface area contributed by atoms with Gasteiger partial charge in [-0.2, -0.15) is 0 Å². The summed E-state index contributed by atoms with van der Waals surface area (Å²) in [4.78, 5) is 29.0. The molecular weight excluding hydrogens is 380 g/mol. The van der Waals surface area contributed by atoms with Crippen LogP contribution in [0.4, 0.5) is 8.78 Å². The number of carbonyl (C=O) groups excluding carboxylic acids is 2. The lowest BCUT2D eigenvalue weighted by Crippen LogP contribution is -2.57. The fourth-order valence-corrected chi connectivity index (χ4v) is 4.38. The van der Waals surface area contributed by atoms with E-state index in [4.69, 9.17) is 4.74 Å². The fraction of sp³-hybridized carbons (Fsp3) is 0.619. The number of amides is 2. The third-order valence-electron chi connectivity index (χ3n) is 6.37. The van der Waals surface area contributed by atoms with E-state index in [1.807, 2.05) is 4.90 Å². The number of ether oxygens (including phenoxy) is 1. The molecule has 8 heteroatoms. The van der Waals surface area contributed by atoms with E-state index < -0.39 is 17.5 Å². The van der Waals surface area contributed by atoms with Crippen LogP contribution in [0.2, 0.25) is 0 Å². The second-order valence-electron chi connectivity index (χ2n) is 8.17. The number of carbonyl (C=O) groups is 2. The zero-order valence-electron chi connectivity index (χ0n) is 16.4. The average Bonchev–Trinajstić information content (AvgIpc) is 2.68. The molecule has 1 N–H and O–H groups in total. The molecule has 0 bridgehead atoms. The Bertz CT molecular complexity index is 764. The largest absolute Gasteiger partial charge is 0.365 e. The molecule has 1 atom stereocenters. The van der Waals surface area contributed by atoms with Crippen LogP contribution in [-0.4, -0.2) is 72.6 Å². The summed E-state index contributed by atoms with van der Waals surface area (Å²) in [6.45, 7) is 2.71. The molecule has 2 amide bonds. The molecule has 0 unspecified atom stereocenters. The minimum absolute atomic E-state index is 0.00437. The van der Waals surface area contributed by atoms with Gasteiger partial charge in [0.1, 0.15) is 6.61 Å². The summed E-state index contributed by atoms with van der Waals surface area (Å²) in [5.41, 5.74) is 0.0519. The van der Waals surface area contributed by atoms with E-state index >= 15 is 0 Å². The van der Waals surface area contributed by atoms with E-state index in [9.17, 15) is 18.4 Å². The van der Waals surface area contributed by atoms with Crippen molar-refractivity contribution in [1.82, 2.24) is 15.1 Å². The van der Waals surface area contributed by atoms with E-state index in [-0.39, 0.29) is 36.8 Å². The van der Waals surface area contributed by atoms with Crippen LogP contribution in [0.3, 0.4) is 0 Å². The molecule has 1 aromatic carbocycles. The first-order chi connectivity index (χ1) is 14.0. The quantitative estimate of drug-likeness (QED) is 0.811. The van der Waals surface area contributed by atoms with Gasteiger partial charge in [-0.25, -0.2) is 8.78 Å². The highest BCUT2D eigenvalue weighted by atomic mass is 19.2. The van der Waals surface area contributed by atoms with Crippen LogP contribution >= 0.6 is 0 Å². The van der Waals surface area contributed by atoms with Gasteiger partial charge in [-0.1, -0.05) is 6.42 Å². The number of likely N-dealkylation sites (tertiary alicyclic amines) is 1. The number of halogens is 2. The lowest BCUT2D eigenvalue weighted by molar-refractivity contribution is -0.153. The minimum Gasteiger partial charge on any atom is -0.365 e. The summed E-state index contributed by atoms with van der Waals surface area (Å²) in [7, 11) is 0. The highest BCUT2D eigenvalue weighted by Crippen LogP contribution is 2.29. The smallest absolute Gasteiger partial charge is 0.251 e. The maximum absolute atomic E-state index is 13.3. The van der Waals surface area contributed by atoms with Gasteiger partial charge in [-0.3, -0.25) is 9.59 Å². The molecule has 3 aliphatic rings. The molecule has 158 valence electrons. The molecule has 3 fully saturated rings. The highest BCUT2D eigenvalue weighted by molar-refractivity contribution is 5.94. The molecule has 1 saturated carbocycles. The summed E-state index contributed by atoms with van der Waals surface area (Å²) in [5, 5.41) is 2.69. The number of hydrogen-bond donors (Lipinski definition) is 1. The zero-order chi connectivity index (χ0) is 20.4. The molecule has 0 radical (unpaired) electrons. The lowest BCUT2D eigenvalue weighted by Gasteiger charge is -2.45. The van der Waals surface area contributed by atoms with Crippen molar-refractivity contribution in [1.29, 1.82) is 0 Å². The predicted molar refractivity (Wildman–Crippen MR) is 102 cm³/mol. The average molecular weight is 407 g/mol. The Hall–Kier alpha value is -2.06. The van der Waals surface area contributed by atoms with E-state index in [0.717, 1.165) is 44.1 Å². The van der Waals surface area contributed by atoms with Crippen LogP contribution in [0.25, 0.3) is 0 Å². The van der Waals surface area contributed by atoms with Gasteiger partial charge in [0.15, 0.2) is 11.6 Å². The fourth-order valence-electron chi connectivity index (χ4n) is 4.38. The second-order valence-corrected chi connectivity index (χ2v) is 8.17. The predicted octanol–water partition coefficient (Wildman–Crippen LogP) is 1.94. The first kappa shape index (κ1) is 20.2. The third kappa shape index (κ3) is 4.59. The van der Waals surface area contributed by atoms with Gasteiger partial charge in [0.2, 0.25) is 5.91 Å². The SMILES string of the molecule is O=C(NC[C@H]1CN(C2CCN(C3CCC3)CC2)C(=O)CO1)c1ccc(F)c(F)c1. The Morgan fingerprint density at radius 1 is 1.10 bits per heavy atom. The van der Waals surface area contributed by atoms with E-state index in [1.165, 1.54) is 25.3 Å². The van der Waals surface area contributed by atoms with Crippen molar-refractivity contribution in [3.63, 3.8) is 0 Å². The van der Waals surface area contributed by atoms with Gasteiger partial charge in [0.25, 0.3) is 5.91 Å². The number of benzene rings is 1. The lowest BCUT2D eigenvalue weighted by atomic mass is 9.89. The molecule has 2 aliphatic heterocycles. The normalized spacial score (nSPS) is 24.4. The van der Waals surface area contributed by atoms with Gasteiger partial charge >= 0.3 is 0 Å². The summed E-state index contributed by atoms with van der Waals surface area (Å²) in [6, 6.07) is 3.99. The van der Waals surface area contributed by atoms with Gasteiger partial charge in [0.05, 0.1) is 6.10 Å². The third-order valence-corrected chi connectivity index (χ3v) is 6.37. The number of hydrogen-bond acceptors (Lipinski definition) is 4. The van der Waals surface area contributed by atoms with Crippen molar-refractivity contribution >= 4 is 11.8 Å². The number of rotatable bonds is 5. The number of piperidine rings is 1. The van der Waals surface area contributed by atoms with Crippen molar-refractivity contribution in [2.45, 2.75) is 50.3 Å². The van der Waals surface area contributed by atoms with Crippen molar-refractivity contribution in [2.24, 2.45) is 0 Å². The topological polar surface area (TPSA) is 61.9 Å². The van der Waals surface area contributed by atoms with E-state index in [0.29, 0.717) is 6.54 Å². The molecule has 2 heterocycles. The molecule has 29 heavy (non-hydrogen) atoms. The Balaban J connectivity index is 1.27. The Morgan fingerprint density at radius 2 is 1.86 bits per heavy atom. The monoisotopic (exact) mass is 407 g/mol. The van der Waals surface area contributed by atoms with E-state index in [1.54, 1.807) is 0 Å². The Kier molecular flexibility index (Phi) is 6.10.